The molecule has 86 heavy (non-hydrogen) atoms. The van der Waals surface area contributed by atoms with Gasteiger partial charge in [-0.2, -0.15) is 0 Å². The van der Waals surface area contributed by atoms with Crippen LogP contribution in [0.25, 0.3) is 0 Å². The Morgan fingerprint density at radius 3 is 1.23 bits per heavy atom. The lowest BCUT2D eigenvalue weighted by molar-refractivity contribution is -0.157. The minimum absolute atomic E-state index is 0.131. The molecule has 0 aromatic carbocycles. The number of nitrogens with zero attached hydrogens (tertiary/aromatic N) is 7. The van der Waals surface area contributed by atoms with Crippen LogP contribution in [0.5, 0.6) is 0 Å². The van der Waals surface area contributed by atoms with Crippen molar-refractivity contribution in [1.29, 1.82) is 0 Å². The molecule has 5 N–H and O–H groups in total. The van der Waals surface area contributed by atoms with Gasteiger partial charge in [-0.1, -0.05) is 116 Å². The fraction of sp³-hybridized carbons (Fsp3) is 0.794. The largest absolute Gasteiger partial charge is 0.390 e. The standard InChI is InChI=1S/C63H113N11O12/c1-26-27-28-41(16)53(76)52-57(80)67-49(38(10)11)61(84)68(19)33-48(75)69(20)44(29-34(2)3)56(79)66-50(39(12)13)62(85)70(21)45(30-35(4)5)55(78)64-42(17)54(77)65-43(18)58(81)71(22)46(31-36(6)7)59(82)72(23)47(32-37(8)9)60(83)73(24)51(40(14)15)63(86)74(52)25/h26-27,34-47,49-53,76H,28-33H2,1-25H3,(H,64,78)(H,65,77)(H,66,79)(H,67,80)/b27-26+/t41-,42+,43-,44+,45+,46+,47+,49+,50+,51+,52+,53?/m1/s1. The summed E-state index contributed by atoms with van der Waals surface area (Å²) in [6.45, 7) is 31.1. The van der Waals surface area contributed by atoms with Gasteiger partial charge in [0, 0.05) is 49.3 Å². The number of carbonyl (C=O) groups is 11. The van der Waals surface area contributed by atoms with E-state index >= 15 is 9.59 Å². The molecule has 0 saturated carbocycles. The molecular weight excluding hydrogens is 1100 g/mol. The summed E-state index contributed by atoms with van der Waals surface area (Å²) in [6, 6.07) is -12.4. The number of hydrogen-bond donors (Lipinski definition) is 5. The van der Waals surface area contributed by atoms with Gasteiger partial charge in [0.05, 0.1) is 12.6 Å². The summed E-state index contributed by atoms with van der Waals surface area (Å²) < 4.78 is 0. The third-order valence-corrected chi connectivity index (χ3v) is 16.3. The lowest BCUT2D eigenvalue weighted by Gasteiger charge is -2.41. The van der Waals surface area contributed by atoms with E-state index in [0.717, 1.165) is 9.80 Å². The molecule has 1 rings (SSSR count). The van der Waals surface area contributed by atoms with E-state index in [1.54, 1.807) is 61.5 Å². The smallest absolute Gasteiger partial charge is 0.246 e. The Balaban J connectivity index is 4.37. The Morgan fingerprint density at radius 2 is 0.791 bits per heavy atom. The summed E-state index contributed by atoms with van der Waals surface area (Å²) in [5, 5.41) is 23.2. The number of allylic oxidation sites excluding steroid dienone is 2. The van der Waals surface area contributed by atoms with Crippen molar-refractivity contribution < 1.29 is 57.8 Å². The number of amides is 11. The van der Waals surface area contributed by atoms with Crippen LogP contribution in [-0.2, 0) is 52.7 Å². The van der Waals surface area contributed by atoms with Crippen molar-refractivity contribution in [3.8, 4) is 0 Å². The second kappa shape index (κ2) is 35.0. The Bertz CT molecular complexity index is 2360. The monoisotopic (exact) mass is 1220 g/mol. The first-order chi connectivity index (χ1) is 39.6. The molecule has 0 aromatic rings. The zero-order valence-electron chi connectivity index (χ0n) is 56.9. The predicted octanol–water partition coefficient (Wildman–Crippen LogP) is 3.52. The van der Waals surface area contributed by atoms with E-state index in [9.17, 15) is 48.3 Å². The van der Waals surface area contributed by atoms with Gasteiger partial charge in [-0.05, 0) is 100 Å². The van der Waals surface area contributed by atoms with Crippen molar-refractivity contribution in [3.05, 3.63) is 12.2 Å². The van der Waals surface area contributed by atoms with Crippen LogP contribution >= 0.6 is 0 Å². The summed E-state index contributed by atoms with van der Waals surface area (Å²) in [4.78, 5) is 169. The van der Waals surface area contributed by atoms with Crippen LogP contribution in [0.15, 0.2) is 12.2 Å². The summed E-state index contributed by atoms with van der Waals surface area (Å²) in [6.07, 6.45) is 3.00. The zero-order valence-corrected chi connectivity index (χ0v) is 56.9. The SMILES string of the molecule is C/C=C/C[C@@H](C)C(O)[C@H]1C(=O)N[C@@H](C(C)C)C(=O)N(C)CC(=O)N(C)[C@@H](CC(C)C)C(=O)N[C@@H](C(C)C)C(=O)N(C)[C@@H](CC(C)C)C(=O)N[C@@H](C)C(=O)N[C@H](C)C(=O)N(C)[C@@H](CC(C)C)C(=O)N(C)[C@@H](CC(C)C)C(=O)N(C)[C@@H](C(C)C)C(=O)N1C. The fourth-order valence-electron chi connectivity index (χ4n) is 10.8. The Morgan fingerprint density at radius 1 is 0.419 bits per heavy atom. The van der Waals surface area contributed by atoms with E-state index in [2.05, 4.69) is 21.3 Å². The molecule has 23 nitrogen and oxygen atoms in total. The molecule has 11 amide bonds. The third kappa shape index (κ3) is 21.6. The molecule has 12 atom stereocenters. The highest BCUT2D eigenvalue weighted by molar-refractivity contribution is 5.99. The van der Waals surface area contributed by atoms with E-state index in [1.807, 2.05) is 61.5 Å². The van der Waals surface area contributed by atoms with E-state index in [1.165, 1.54) is 87.7 Å². The van der Waals surface area contributed by atoms with Crippen LogP contribution in [0.1, 0.15) is 157 Å². The number of aliphatic hydroxyl groups excluding tert-OH is 1. The zero-order chi connectivity index (χ0) is 66.8. The molecule has 0 aliphatic carbocycles. The normalized spacial score (nSPS) is 26.8. The van der Waals surface area contributed by atoms with Crippen molar-refractivity contribution in [3.63, 3.8) is 0 Å². The van der Waals surface area contributed by atoms with Crippen LogP contribution < -0.4 is 21.3 Å². The van der Waals surface area contributed by atoms with Gasteiger partial charge in [0.2, 0.25) is 65.0 Å². The van der Waals surface area contributed by atoms with Gasteiger partial charge >= 0.3 is 0 Å². The number of rotatable bonds is 15. The molecule has 1 heterocycles. The van der Waals surface area contributed by atoms with E-state index < -0.39 is 162 Å². The maximum absolute atomic E-state index is 15.2. The lowest BCUT2D eigenvalue weighted by Crippen LogP contribution is -2.64. The number of hydrogen-bond acceptors (Lipinski definition) is 12. The molecule has 1 fully saturated rings. The van der Waals surface area contributed by atoms with Crippen molar-refractivity contribution in [2.45, 2.75) is 223 Å². The molecule has 0 aromatic heterocycles. The van der Waals surface area contributed by atoms with Gasteiger partial charge in [-0.25, -0.2) is 0 Å². The van der Waals surface area contributed by atoms with Crippen molar-refractivity contribution in [1.82, 2.24) is 55.6 Å². The van der Waals surface area contributed by atoms with Gasteiger partial charge in [-0.15, -0.1) is 0 Å². The van der Waals surface area contributed by atoms with E-state index in [-0.39, 0.29) is 49.4 Å². The molecule has 1 saturated heterocycles. The lowest BCUT2D eigenvalue weighted by atomic mass is 9.91. The fourth-order valence-corrected chi connectivity index (χ4v) is 10.8. The van der Waals surface area contributed by atoms with Gasteiger partial charge in [-0.3, -0.25) is 52.7 Å². The summed E-state index contributed by atoms with van der Waals surface area (Å²) in [7, 11) is 9.93. The number of nitrogens with one attached hydrogen (secondary N) is 4. The predicted molar refractivity (Wildman–Crippen MR) is 333 cm³/mol. The summed E-state index contributed by atoms with van der Waals surface area (Å²) >= 11 is 0. The van der Waals surface area contributed by atoms with Gasteiger partial charge in [0.1, 0.15) is 60.4 Å². The number of carbonyl (C=O) groups excluding carboxylic acids is 11. The third-order valence-electron chi connectivity index (χ3n) is 16.3. The molecule has 1 unspecified atom stereocenters. The number of aliphatic hydroxyl groups is 1. The topological polar surface area (TPSA) is 279 Å². The molecule has 1 aliphatic rings. The first kappa shape index (κ1) is 77.9. The Hall–Kier alpha value is -6.13. The van der Waals surface area contributed by atoms with E-state index in [0.29, 0.717) is 6.42 Å². The van der Waals surface area contributed by atoms with Crippen molar-refractivity contribution >= 4 is 65.0 Å². The first-order valence-corrected chi connectivity index (χ1v) is 30.9. The molecule has 0 bridgehead atoms. The van der Waals surface area contributed by atoms with E-state index in [4.69, 9.17) is 0 Å². The van der Waals surface area contributed by atoms with Crippen molar-refractivity contribution in [2.24, 2.45) is 47.3 Å². The number of likely N-dealkylation sites (N-methyl/N-ethyl adjacent to an activating group) is 7. The van der Waals surface area contributed by atoms with Gasteiger partial charge < -0.3 is 60.7 Å². The average Bonchev–Trinajstić information content (AvgIpc) is 2.16. The second-order valence-electron chi connectivity index (χ2n) is 26.9. The summed E-state index contributed by atoms with van der Waals surface area (Å²) in [5.41, 5.74) is 0. The van der Waals surface area contributed by atoms with Crippen LogP contribution in [-0.4, -0.2) is 227 Å². The maximum atomic E-state index is 15.2. The quantitative estimate of drug-likeness (QED) is 0.147. The highest BCUT2D eigenvalue weighted by atomic mass is 16.3. The maximum Gasteiger partial charge on any atom is 0.246 e. The summed E-state index contributed by atoms with van der Waals surface area (Å²) in [5.74, 6) is -10.3. The van der Waals surface area contributed by atoms with Crippen LogP contribution in [0.3, 0.4) is 0 Å². The van der Waals surface area contributed by atoms with Crippen LogP contribution in [0, 0.1) is 47.3 Å². The van der Waals surface area contributed by atoms with Crippen molar-refractivity contribution in [2.75, 3.05) is 55.9 Å². The molecule has 0 spiro atoms. The van der Waals surface area contributed by atoms with Crippen LogP contribution in [0.4, 0.5) is 0 Å². The minimum atomic E-state index is -1.62. The highest BCUT2D eigenvalue weighted by Crippen LogP contribution is 2.26. The van der Waals surface area contributed by atoms with Crippen LogP contribution in [0.2, 0.25) is 0 Å². The Labute approximate surface area is 515 Å². The molecule has 23 heteroatoms. The second-order valence-corrected chi connectivity index (χ2v) is 26.9. The molecule has 1 aliphatic heterocycles. The molecule has 0 radical (unpaired) electrons. The Kier molecular flexibility index (Phi) is 31.7. The first-order valence-electron chi connectivity index (χ1n) is 30.9. The average molecular weight is 1220 g/mol. The molecular formula is C63H113N11O12. The minimum Gasteiger partial charge on any atom is -0.390 e. The molecule has 492 valence electrons. The van der Waals surface area contributed by atoms with Gasteiger partial charge in [0.25, 0.3) is 0 Å². The highest BCUT2D eigenvalue weighted by Gasteiger charge is 2.46. The van der Waals surface area contributed by atoms with Gasteiger partial charge in [0.15, 0.2) is 0 Å².